The van der Waals surface area contributed by atoms with Gasteiger partial charge in [0.1, 0.15) is 10.6 Å². The van der Waals surface area contributed by atoms with Crippen molar-refractivity contribution in [3.63, 3.8) is 0 Å². The number of carbonyl (C=O) groups excluding carboxylic acids is 2. The number of nitrogens with zero attached hydrogens (tertiary/aromatic N) is 1. The first kappa shape index (κ1) is 18.1. The number of amides is 2. The van der Waals surface area contributed by atoms with E-state index in [4.69, 9.17) is 0 Å². The molecule has 0 unspecified atom stereocenters. The number of nitro benzene ring substituents is 1. The van der Waals surface area contributed by atoms with Gasteiger partial charge in [0.15, 0.2) is 0 Å². The third-order valence-electron chi connectivity index (χ3n) is 4.45. The molecule has 26 heavy (non-hydrogen) atoms. The van der Waals surface area contributed by atoms with Crippen molar-refractivity contribution in [3.8, 4) is 0 Å². The number of aryl methyl sites for hydroxylation is 1. The zero-order valence-corrected chi connectivity index (χ0v) is 15.1. The normalized spacial score (nSPS) is 13.4. The van der Waals surface area contributed by atoms with Crippen LogP contribution in [0.3, 0.4) is 0 Å². The fourth-order valence-corrected chi connectivity index (χ4v) is 4.47. The van der Waals surface area contributed by atoms with E-state index in [0.717, 1.165) is 42.5 Å². The molecule has 1 aromatic carbocycles. The molecule has 2 aromatic rings. The van der Waals surface area contributed by atoms with Gasteiger partial charge in [-0.25, -0.2) is 0 Å². The summed E-state index contributed by atoms with van der Waals surface area (Å²) >= 11 is 1.39. The summed E-state index contributed by atoms with van der Waals surface area (Å²) in [4.78, 5) is 36.7. The quantitative estimate of drug-likeness (QED) is 0.486. The van der Waals surface area contributed by atoms with Crippen LogP contribution in [0.2, 0.25) is 0 Å². The lowest BCUT2D eigenvalue weighted by atomic mass is 10.0. The van der Waals surface area contributed by atoms with Crippen LogP contribution in [0, 0.1) is 10.1 Å². The summed E-state index contributed by atoms with van der Waals surface area (Å²) in [5, 5.41) is 17.0. The summed E-state index contributed by atoms with van der Waals surface area (Å²) in [5.74, 6) is -0.832. The zero-order chi connectivity index (χ0) is 18.7. The molecule has 136 valence electrons. The van der Waals surface area contributed by atoms with Crippen LogP contribution in [0.15, 0.2) is 24.3 Å². The zero-order valence-electron chi connectivity index (χ0n) is 14.3. The molecule has 2 amide bonds. The average Bonchev–Trinajstić information content (AvgIpc) is 2.81. The lowest BCUT2D eigenvalue weighted by Crippen LogP contribution is -2.22. The van der Waals surface area contributed by atoms with Crippen molar-refractivity contribution < 1.29 is 14.5 Å². The predicted octanol–water partition coefficient (Wildman–Crippen LogP) is 3.54. The minimum absolute atomic E-state index is 0.0241. The monoisotopic (exact) mass is 373 g/mol. The van der Waals surface area contributed by atoms with Gasteiger partial charge in [-0.2, -0.15) is 0 Å². The van der Waals surface area contributed by atoms with Crippen molar-refractivity contribution in [1.29, 1.82) is 0 Å². The molecule has 8 heteroatoms. The predicted molar refractivity (Wildman–Crippen MR) is 100 cm³/mol. The molecular formula is C18H19N3O4S. The van der Waals surface area contributed by atoms with E-state index in [1.54, 1.807) is 13.1 Å². The van der Waals surface area contributed by atoms with Gasteiger partial charge in [0, 0.05) is 18.0 Å². The van der Waals surface area contributed by atoms with Gasteiger partial charge < -0.3 is 10.6 Å². The van der Waals surface area contributed by atoms with Gasteiger partial charge in [0.2, 0.25) is 0 Å². The number of nitro groups is 1. The second-order valence-electron chi connectivity index (χ2n) is 6.08. The van der Waals surface area contributed by atoms with Crippen LogP contribution < -0.4 is 10.6 Å². The van der Waals surface area contributed by atoms with Crippen LogP contribution in [0.5, 0.6) is 0 Å². The van der Waals surface area contributed by atoms with Crippen LogP contribution >= 0.6 is 11.3 Å². The van der Waals surface area contributed by atoms with Crippen molar-refractivity contribution in [1.82, 2.24) is 5.32 Å². The number of fused-ring (bicyclic) bond motifs is 1. The molecule has 0 atom stereocenters. The van der Waals surface area contributed by atoms with Gasteiger partial charge in [0.05, 0.1) is 10.5 Å². The summed E-state index contributed by atoms with van der Waals surface area (Å²) < 4.78 is 0. The van der Waals surface area contributed by atoms with Crippen molar-refractivity contribution in [2.24, 2.45) is 0 Å². The first-order valence-corrected chi connectivity index (χ1v) is 9.26. The van der Waals surface area contributed by atoms with Gasteiger partial charge >= 0.3 is 0 Å². The van der Waals surface area contributed by atoms with E-state index >= 15 is 0 Å². The molecule has 1 aromatic heterocycles. The third-order valence-corrected chi connectivity index (χ3v) is 5.66. The van der Waals surface area contributed by atoms with E-state index in [9.17, 15) is 19.7 Å². The van der Waals surface area contributed by atoms with Crippen LogP contribution in [-0.2, 0) is 12.8 Å². The summed E-state index contributed by atoms with van der Waals surface area (Å²) in [6.45, 7) is 0. The van der Waals surface area contributed by atoms with E-state index in [0.29, 0.717) is 10.6 Å². The summed E-state index contributed by atoms with van der Waals surface area (Å²) in [5.41, 5.74) is 1.19. The Morgan fingerprint density at radius 3 is 2.58 bits per heavy atom. The summed E-state index contributed by atoms with van der Waals surface area (Å²) in [7, 11) is 1.55. The smallest absolute Gasteiger partial charge is 0.282 e. The molecule has 0 saturated heterocycles. The maximum atomic E-state index is 12.6. The Morgan fingerprint density at radius 2 is 1.85 bits per heavy atom. The number of para-hydroxylation sites is 1. The number of thiophene rings is 1. The lowest BCUT2D eigenvalue weighted by Gasteiger charge is -2.08. The van der Waals surface area contributed by atoms with Crippen molar-refractivity contribution >= 4 is 33.8 Å². The maximum Gasteiger partial charge on any atom is 0.282 e. The second-order valence-corrected chi connectivity index (χ2v) is 7.18. The molecule has 1 heterocycles. The van der Waals surface area contributed by atoms with Gasteiger partial charge in [-0.15, -0.1) is 11.3 Å². The minimum Gasteiger partial charge on any atom is -0.355 e. The molecule has 3 rings (SSSR count). The number of hydrogen-bond donors (Lipinski definition) is 2. The van der Waals surface area contributed by atoms with Crippen LogP contribution in [0.4, 0.5) is 10.7 Å². The van der Waals surface area contributed by atoms with Gasteiger partial charge in [0.25, 0.3) is 17.5 Å². The van der Waals surface area contributed by atoms with E-state index < -0.39 is 10.8 Å². The molecule has 1 aliphatic rings. The Bertz CT molecular complexity index is 875. The summed E-state index contributed by atoms with van der Waals surface area (Å²) in [6, 6.07) is 5.78. The SMILES string of the molecule is CNC(=O)c1c(NC(=O)c2ccccc2[N+](=O)[O-])sc2c1CCCCC2. The second kappa shape index (κ2) is 7.65. The maximum absolute atomic E-state index is 12.6. The number of anilines is 1. The fraction of sp³-hybridized carbons (Fsp3) is 0.333. The lowest BCUT2D eigenvalue weighted by molar-refractivity contribution is -0.385. The molecule has 2 N–H and O–H groups in total. The highest BCUT2D eigenvalue weighted by Gasteiger charge is 2.27. The molecule has 0 fully saturated rings. The first-order valence-electron chi connectivity index (χ1n) is 8.44. The largest absolute Gasteiger partial charge is 0.355 e. The topological polar surface area (TPSA) is 101 Å². The van der Waals surface area contributed by atoms with Gasteiger partial charge in [-0.1, -0.05) is 18.6 Å². The standard InChI is InChI=1S/C18H19N3O4S/c1-19-17(23)15-12-8-3-2-4-10-14(12)26-18(15)20-16(22)11-7-5-6-9-13(11)21(24)25/h5-7,9H,2-4,8,10H2,1H3,(H,19,23)(H,20,22). The molecule has 0 saturated carbocycles. The van der Waals surface area contributed by atoms with E-state index in [1.165, 1.54) is 29.5 Å². The Balaban J connectivity index is 1.99. The summed E-state index contributed by atoms with van der Waals surface area (Å²) in [6.07, 6.45) is 4.86. The van der Waals surface area contributed by atoms with Crippen LogP contribution in [0.1, 0.15) is 50.4 Å². The van der Waals surface area contributed by atoms with Crippen molar-refractivity contribution in [2.75, 3.05) is 12.4 Å². The Hall–Kier alpha value is -2.74. The van der Waals surface area contributed by atoms with Gasteiger partial charge in [-0.05, 0) is 37.3 Å². The highest BCUT2D eigenvalue weighted by molar-refractivity contribution is 7.17. The number of carbonyl (C=O) groups is 2. The third kappa shape index (κ3) is 3.45. The average molecular weight is 373 g/mol. The van der Waals surface area contributed by atoms with E-state index in [2.05, 4.69) is 10.6 Å². The van der Waals surface area contributed by atoms with Crippen molar-refractivity contribution in [3.05, 3.63) is 55.9 Å². The Morgan fingerprint density at radius 1 is 1.12 bits per heavy atom. The molecule has 0 spiro atoms. The molecule has 7 nitrogen and oxygen atoms in total. The van der Waals surface area contributed by atoms with E-state index in [-0.39, 0.29) is 17.2 Å². The number of nitrogens with one attached hydrogen (secondary N) is 2. The van der Waals surface area contributed by atoms with Crippen LogP contribution in [-0.4, -0.2) is 23.8 Å². The van der Waals surface area contributed by atoms with Crippen molar-refractivity contribution in [2.45, 2.75) is 32.1 Å². The highest BCUT2D eigenvalue weighted by Crippen LogP contribution is 2.38. The number of benzene rings is 1. The molecular weight excluding hydrogens is 354 g/mol. The molecule has 0 bridgehead atoms. The van der Waals surface area contributed by atoms with E-state index in [1.807, 2.05) is 0 Å². The minimum atomic E-state index is -0.585. The van der Waals surface area contributed by atoms with Gasteiger partial charge in [-0.3, -0.25) is 19.7 Å². The Labute approximate surface area is 154 Å². The Kier molecular flexibility index (Phi) is 5.32. The highest BCUT2D eigenvalue weighted by atomic mass is 32.1. The van der Waals surface area contributed by atoms with Crippen LogP contribution in [0.25, 0.3) is 0 Å². The number of hydrogen-bond acceptors (Lipinski definition) is 5. The molecule has 0 aliphatic heterocycles. The fourth-order valence-electron chi connectivity index (χ4n) is 3.19. The first-order chi connectivity index (χ1) is 12.5. The molecule has 0 radical (unpaired) electrons. The molecule has 1 aliphatic carbocycles. The number of rotatable bonds is 4.